The van der Waals surface area contributed by atoms with Gasteiger partial charge in [-0.25, -0.2) is 9.29 Å². The first-order valence-electron chi connectivity index (χ1n) is 9.18. The number of benzene rings is 2. The highest BCUT2D eigenvalue weighted by molar-refractivity contribution is 8.03. The van der Waals surface area contributed by atoms with Crippen molar-refractivity contribution in [2.45, 2.75) is 12.7 Å². The van der Waals surface area contributed by atoms with Crippen molar-refractivity contribution in [3.05, 3.63) is 88.5 Å². The summed E-state index contributed by atoms with van der Waals surface area (Å²) in [6.07, 6.45) is 1.55. The number of aryl methyl sites for hydroxylation is 1. The number of furan rings is 1. The zero-order chi connectivity index (χ0) is 21.3. The molecule has 1 aliphatic heterocycles. The average molecular weight is 423 g/mol. The molecule has 0 radical (unpaired) electrons. The van der Waals surface area contributed by atoms with Gasteiger partial charge in [0, 0.05) is 0 Å². The summed E-state index contributed by atoms with van der Waals surface area (Å²) in [7, 11) is 1.49. The van der Waals surface area contributed by atoms with Crippen LogP contribution in [0.2, 0.25) is 0 Å². The van der Waals surface area contributed by atoms with Crippen molar-refractivity contribution < 1.29 is 23.1 Å². The summed E-state index contributed by atoms with van der Waals surface area (Å²) in [6.45, 7) is 1.87. The van der Waals surface area contributed by atoms with Crippen molar-refractivity contribution in [1.82, 2.24) is 0 Å². The van der Waals surface area contributed by atoms with Crippen LogP contribution in [0.3, 0.4) is 0 Å². The molecule has 1 aliphatic rings. The van der Waals surface area contributed by atoms with E-state index in [1.807, 2.05) is 13.0 Å². The van der Waals surface area contributed by atoms with Gasteiger partial charge in [-0.05, 0) is 54.4 Å². The van der Waals surface area contributed by atoms with Gasteiger partial charge in [0.25, 0.3) is 11.8 Å². The third kappa shape index (κ3) is 3.64. The van der Waals surface area contributed by atoms with Gasteiger partial charge in [-0.1, -0.05) is 18.2 Å². The molecule has 0 saturated heterocycles. The number of carbonyl (C=O) groups is 2. The standard InChI is InChI=1S/C23H18FNO4S/c1-14-5-10-19(28-2)18(12-14)25-22(26)20(15-6-8-16(24)9-7-15)21(23(25)27)30-13-17-4-3-11-29-17/h3-12H,13H2,1-2H3. The summed E-state index contributed by atoms with van der Waals surface area (Å²) >= 11 is 1.22. The van der Waals surface area contributed by atoms with Gasteiger partial charge in [0.1, 0.15) is 17.3 Å². The van der Waals surface area contributed by atoms with E-state index in [1.54, 1.807) is 30.5 Å². The first kappa shape index (κ1) is 20.0. The minimum absolute atomic E-state index is 0.236. The molecule has 4 rings (SSSR count). The molecular formula is C23H18FNO4S. The Hall–Kier alpha value is -3.32. The van der Waals surface area contributed by atoms with Crippen molar-refractivity contribution in [3.63, 3.8) is 0 Å². The van der Waals surface area contributed by atoms with E-state index >= 15 is 0 Å². The number of ether oxygens (including phenoxy) is 1. The molecule has 0 aliphatic carbocycles. The Bertz CT molecular complexity index is 1140. The predicted octanol–water partition coefficient (Wildman–Crippen LogP) is 4.95. The van der Waals surface area contributed by atoms with Crippen molar-refractivity contribution in [2.24, 2.45) is 0 Å². The minimum Gasteiger partial charge on any atom is -0.495 e. The molecule has 2 heterocycles. The van der Waals surface area contributed by atoms with Gasteiger partial charge < -0.3 is 9.15 Å². The van der Waals surface area contributed by atoms with Crippen LogP contribution in [0, 0.1) is 12.7 Å². The number of carbonyl (C=O) groups excluding carboxylic acids is 2. The van der Waals surface area contributed by atoms with E-state index in [-0.39, 0.29) is 10.5 Å². The first-order valence-corrected chi connectivity index (χ1v) is 10.2. The Kier molecular flexibility index (Phi) is 5.46. The topological polar surface area (TPSA) is 59.8 Å². The number of amides is 2. The van der Waals surface area contributed by atoms with E-state index in [1.165, 1.54) is 43.1 Å². The summed E-state index contributed by atoms with van der Waals surface area (Å²) in [5.74, 6) is 0.136. The van der Waals surface area contributed by atoms with Gasteiger partial charge in [0.2, 0.25) is 0 Å². The molecule has 2 amide bonds. The number of hydrogen-bond donors (Lipinski definition) is 0. The molecule has 5 nitrogen and oxygen atoms in total. The highest BCUT2D eigenvalue weighted by Crippen LogP contribution is 2.42. The first-order chi connectivity index (χ1) is 14.5. The van der Waals surface area contributed by atoms with Crippen LogP contribution in [0.5, 0.6) is 5.75 Å². The van der Waals surface area contributed by atoms with Gasteiger partial charge in [0.05, 0.1) is 35.3 Å². The van der Waals surface area contributed by atoms with Crippen LogP contribution in [0.4, 0.5) is 10.1 Å². The van der Waals surface area contributed by atoms with E-state index in [9.17, 15) is 14.0 Å². The monoisotopic (exact) mass is 423 g/mol. The molecule has 152 valence electrons. The van der Waals surface area contributed by atoms with Crippen molar-refractivity contribution >= 4 is 34.8 Å². The summed E-state index contributed by atoms with van der Waals surface area (Å²) in [5.41, 5.74) is 1.97. The molecule has 7 heteroatoms. The molecule has 0 saturated carbocycles. The van der Waals surface area contributed by atoms with E-state index in [2.05, 4.69) is 0 Å². The lowest BCUT2D eigenvalue weighted by Gasteiger charge is -2.19. The maximum atomic E-state index is 13.5. The largest absolute Gasteiger partial charge is 0.495 e. The van der Waals surface area contributed by atoms with Crippen LogP contribution in [0.15, 0.2) is 70.2 Å². The van der Waals surface area contributed by atoms with Gasteiger partial charge in [-0.3, -0.25) is 9.59 Å². The Morgan fingerprint density at radius 1 is 1.07 bits per heavy atom. The Morgan fingerprint density at radius 3 is 2.50 bits per heavy atom. The number of anilines is 1. The van der Waals surface area contributed by atoms with Gasteiger partial charge in [0.15, 0.2) is 0 Å². The molecular weight excluding hydrogens is 405 g/mol. The number of hydrogen-bond acceptors (Lipinski definition) is 5. The highest BCUT2D eigenvalue weighted by Gasteiger charge is 2.41. The van der Waals surface area contributed by atoms with Crippen LogP contribution in [0.1, 0.15) is 16.9 Å². The van der Waals surface area contributed by atoms with E-state index < -0.39 is 17.6 Å². The lowest BCUT2D eigenvalue weighted by atomic mass is 10.1. The molecule has 0 bridgehead atoms. The van der Waals surface area contributed by atoms with Gasteiger partial charge in [-0.15, -0.1) is 11.8 Å². The quantitative estimate of drug-likeness (QED) is 0.525. The minimum atomic E-state index is -0.475. The molecule has 0 atom stereocenters. The summed E-state index contributed by atoms with van der Waals surface area (Å²) in [6, 6.07) is 14.4. The van der Waals surface area contributed by atoms with E-state index in [4.69, 9.17) is 9.15 Å². The molecule has 1 aromatic heterocycles. The molecule has 0 fully saturated rings. The second kappa shape index (κ2) is 8.20. The fourth-order valence-corrected chi connectivity index (χ4v) is 4.26. The molecule has 2 aromatic carbocycles. The zero-order valence-electron chi connectivity index (χ0n) is 16.3. The molecule has 0 spiro atoms. The fraction of sp³-hybridized carbons (Fsp3) is 0.130. The number of rotatable bonds is 6. The fourth-order valence-electron chi connectivity index (χ4n) is 3.25. The van der Waals surface area contributed by atoms with Gasteiger partial charge >= 0.3 is 0 Å². The van der Waals surface area contributed by atoms with Crippen LogP contribution < -0.4 is 9.64 Å². The smallest absolute Gasteiger partial charge is 0.272 e. The highest BCUT2D eigenvalue weighted by atomic mass is 32.2. The van der Waals surface area contributed by atoms with E-state index in [0.29, 0.717) is 28.5 Å². The van der Waals surface area contributed by atoms with Crippen LogP contribution in [0.25, 0.3) is 5.57 Å². The van der Waals surface area contributed by atoms with Crippen molar-refractivity contribution in [3.8, 4) is 5.75 Å². The summed E-state index contributed by atoms with van der Waals surface area (Å²) < 4.78 is 24.2. The van der Waals surface area contributed by atoms with Crippen LogP contribution in [-0.4, -0.2) is 18.9 Å². The third-order valence-electron chi connectivity index (χ3n) is 4.69. The number of imide groups is 1. The maximum Gasteiger partial charge on any atom is 0.272 e. The molecule has 3 aromatic rings. The summed E-state index contributed by atoms with van der Waals surface area (Å²) in [5, 5.41) is 0. The third-order valence-corrected chi connectivity index (χ3v) is 5.78. The maximum absolute atomic E-state index is 13.5. The van der Waals surface area contributed by atoms with Crippen molar-refractivity contribution in [2.75, 3.05) is 12.0 Å². The number of nitrogens with zero attached hydrogens (tertiary/aromatic N) is 1. The van der Waals surface area contributed by atoms with Crippen LogP contribution >= 0.6 is 11.8 Å². The second-order valence-corrected chi connectivity index (χ2v) is 7.69. The lowest BCUT2D eigenvalue weighted by Crippen LogP contribution is -2.31. The molecule has 0 N–H and O–H groups in total. The Labute approximate surface area is 177 Å². The molecule has 30 heavy (non-hydrogen) atoms. The second-order valence-electron chi connectivity index (χ2n) is 6.70. The number of thioether (sulfide) groups is 1. The SMILES string of the molecule is COc1ccc(C)cc1N1C(=O)C(SCc2ccco2)=C(c2ccc(F)cc2)C1=O. The average Bonchev–Trinajstić information content (AvgIpc) is 3.33. The Balaban J connectivity index is 1.79. The normalized spacial score (nSPS) is 14.0. The lowest BCUT2D eigenvalue weighted by molar-refractivity contribution is -0.119. The summed E-state index contributed by atoms with van der Waals surface area (Å²) in [4.78, 5) is 28.2. The molecule has 0 unspecified atom stereocenters. The number of methoxy groups -OCH3 is 1. The van der Waals surface area contributed by atoms with E-state index in [0.717, 1.165) is 10.5 Å². The zero-order valence-corrected chi connectivity index (χ0v) is 17.2. The predicted molar refractivity (Wildman–Crippen MR) is 114 cm³/mol. The van der Waals surface area contributed by atoms with Crippen LogP contribution in [-0.2, 0) is 15.3 Å². The number of halogens is 1. The van der Waals surface area contributed by atoms with Gasteiger partial charge in [-0.2, -0.15) is 0 Å². The van der Waals surface area contributed by atoms with Crippen molar-refractivity contribution in [1.29, 1.82) is 0 Å². The Morgan fingerprint density at radius 2 is 1.83 bits per heavy atom.